The lowest BCUT2D eigenvalue weighted by Crippen LogP contribution is -2.43. The number of hydrogen-bond acceptors (Lipinski definition) is 6. The predicted molar refractivity (Wildman–Crippen MR) is 95.3 cm³/mol. The van der Waals surface area contributed by atoms with Gasteiger partial charge in [0.05, 0.1) is 18.2 Å². The Labute approximate surface area is 150 Å². The molecular formula is C19H22N2O5. The molecule has 2 N–H and O–H groups in total. The molecule has 4 rings (SSSR count). The van der Waals surface area contributed by atoms with Gasteiger partial charge in [-0.15, -0.1) is 0 Å². The molecule has 3 heterocycles. The summed E-state index contributed by atoms with van der Waals surface area (Å²) < 4.78 is 16.6. The third-order valence-electron chi connectivity index (χ3n) is 5.05. The maximum absolute atomic E-state index is 12.2. The van der Waals surface area contributed by atoms with Crippen LogP contribution in [0.25, 0.3) is 11.0 Å². The van der Waals surface area contributed by atoms with Gasteiger partial charge in [0, 0.05) is 17.5 Å². The van der Waals surface area contributed by atoms with Crippen molar-refractivity contribution in [1.82, 2.24) is 10.6 Å². The summed E-state index contributed by atoms with van der Waals surface area (Å²) in [5, 5.41) is 7.12. The van der Waals surface area contributed by atoms with Crippen LogP contribution in [0.3, 0.4) is 0 Å². The molecular weight excluding hydrogens is 336 g/mol. The lowest BCUT2D eigenvalue weighted by Gasteiger charge is -2.32. The van der Waals surface area contributed by atoms with Gasteiger partial charge in [0.15, 0.2) is 6.61 Å². The largest absolute Gasteiger partial charge is 0.484 e. The highest BCUT2D eigenvalue weighted by molar-refractivity contribution is 5.79. The second-order valence-corrected chi connectivity index (χ2v) is 6.96. The first-order valence-corrected chi connectivity index (χ1v) is 8.93. The molecule has 2 aliphatic rings. The summed E-state index contributed by atoms with van der Waals surface area (Å²) in [4.78, 5) is 23.5. The van der Waals surface area contributed by atoms with Gasteiger partial charge < -0.3 is 24.5 Å². The fraction of sp³-hybridized carbons (Fsp3) is 0.474. The van der Waals surface area contributed by atoms with Crippen molar-refractivity contribution in [3.05, 3.63) is 40.8 Å². The van der Waals surface area contributed by atoms with Crippen LogP contribution in [0.5, 0.6) is 5.75 Å². The standard InChI is InChI=1S/C19H22N2O5/c22-17(21-14-10-19(25-11-14)5-7-20-8-6-19)12-24-15-3-1-13-2-4-18(23)26-16(13)9-15/h1-4,9,14,20H,5-8,10-12H2,(H,21,22). The highest BCUT2D eigenvalue weighted by Crippen LogP contribution is 2.33. The van der Waals surface area contributed by atoms with E-state index in [0.29, 0.717) is 17.9 Å². The van der Waals surface area contributed by atoms with Gasteiger partial charge in [-0.2, -0.15) is 0 Å². The van der Waals surface area contributed by atoms with Crippen molar-refractivity contribution in [3.63, 3.8) is 0 Å². The summed E-state index contributed by atoms with van der Waals surface area (Å²) in [5.74, 6) is 0.304. The molecule has 0 bridgehead atoms. The second kappa shape index (κ2) is 7.09. The van der Waals surface area contributed by atoms with Crippen molar-refractivity contribution in [1.29, 1.82) is 0 Å². The number of amides is 1. The molecule has 7 nitrogen and oxygen atoms in total. The molecule has 0 radical (unpaired) electrons. The molecule has 0 saturated carbocycles. The second-order valence-electron chi connectivity index (χ2n) is 6.96. The molecule has 1 spiro atoms. The molecule has 7 heteroatoms. The van der Waals surface area contributed by atoms with Crippen molar-refractivity contribution in [2.75, 3.05) is 26.3 Å². The fourth-order valence-corrected chi connectivity index (χ4v) is 3.72. The molecule has 26 heavy (non-hydrogen) atoms. The monoisotopic (exact) mass is 358 g/mol. The average molecular weight is 358 g/mol. The Kier molecular flexibility index (Phi) is 4.65. The summed E-state index contributed by atoms with van der Waals surface area (Å²) in [6.07, 6.45) is 2.82. The van der Waals surface area contributed by atoms with Crippen molar-refractivity contribution < 1.29 is 18.7 Å². The molecule has 0 aliphatic carbocycles. The Bertz CT molecular complexity index is 856. The summed E-state index contributed by atoms with van der Waals surface area (Å²) in [6.45, 7) is 2.38. The van der Waals surface area contributed by atoms with Crippen LogP contribution in [-0.2, 0) is 9.53 Å². The molecule has 2 aromatic rings. The average Bonchev–Trinajstić information content (AvgIpc) is 3.02. The lowest BCUT2D eigenvalue weighted by molar-refractivity contribution is -0.123. The van der Waals surface area contributed by atoms with Crippen molar-refractivity contribution >= 4 is 16.9 Å². The molecule has 1 unspecified atom stereocenters. The molecule has 1 aromatic heterocycles. The molecule has 1 aromatic carbocycles. The van der Waals surface area contributed by atoms with Crippen molar-refractivity contribution in [2.45, 2.75) is 30.9 Å². The van der Waals surface area contributed by atoms with E-state index in [9.17, 15) is 9.59 Å². The van der Waals surface area contributed by atoms with E-state index in [2.05, 4.69) is 10.6 Å². The zero-order chi connectivity index (χ0) is 18.0. The Hall–Kier alpha value is -2.38. The molecule has 1 atom stereocenters. The van der Waals surface area contributed by atoms with Gasteiger partial charge >= 0.3 is 5.63 Å². The number of hydrogen-bond donors (Lipinski definition) is 2. The van der Waals surface area contributed by atoms with E-state index >= 15 is 0 Å². The Morgan fingerprint density at radius 3 is 2.92 bits per heavy atom. The lowest BCUT2D eigenvalue weighted by atomic mass is 9.88. The predicted octanol–water partition coefficient (Wildman–Crippen LogP) is 1.20. The number of rotatable bonds is 4. The van der Waals surface area contributed by atoms with E-state index < -0.39 is 5.63 Å². The van der Waals surface area contributed by atoms with Crippen LogP contribution in [0.2, 0.25) is 0 Å². The molecule has 2 aliphatic heterocycles. The number of piperidine rings is 1. The van der Waals surface area contributed by atoms with Gasteiger partial charge in [-0.25, -0.2) is 4.79 Å². The van der Waals surface area contributed by atoms with Gasteiger partial charge in [0.2, 0.25) is 0 Å². The number of ether oxygens (including phenoxy) is 2. The normalized spacial score (nSPS) is 21.8. The minimum Gasteiger partial charge on any atom is -0.484 e. The van der Waals surface area contributed by atoms with Gasteiger partial charge in [0.25, 0.3) is 5.91 Å². The first kappa shape index (κ1) is 17.1. The Morgan fingerprint density at radius 2 is 2.08 bits per heavy atom. The van der Waals surface area contributed by atoms with E-state index in [4.69, 9.17) is 13.9 Å². The van der Waals surface area contributed by atoms with E-state index in [-0.39, 0.29) is 24.2 Å². The van der Waals surface area contributed by atoms with E-state index in [0.717, 1.165) is 37.7 Å². The SMILES string of the molecule is O=C(COc1ccc2ccc(=O)oc2c1)NC1COC2(CCNCC2)C1. The molecule has 2 fully saturated rings. The van der Waals surface area contributed by atoms with Crippen LogP contribution >= 0.6 is 0 Å². The fourth-order valence-electron chi connectivity index (χ4n) is 3.72. The van der Waals surface area contributed by atoms with Gasteiger partial charge in [-0.1, -0.05) is 0 Å². The minimum atomic E-state index is -0.416. The summed E-state index contributed by atoms with van der Waals surface area (Å²) in [6, 6.07) is 8.24. The Balaban J connectivity index is 1.31. The van der Waals surface area contributed by atoms with E-state index in [1.165, 1.54) is 6.07 Å². The van der Waals surface area contributed by atoms with Crippen LogP contribution in [0.1, 0.15) is 19.3 Å². The van der Waals surface area contributed by atoms with Crippen LogP contribution < -0.4 is 21.0 Å². The van der Waals surface area contributed by atoms with Crippen LogP contribution in [0.15, 0.2) is 39.5 Å². The minimum absolute atomic E-state index is 0.0267. The third-order valence-corrected chi connectivity index (χ3v) is 5.05. The quantitative estimate of drug-likeness (QED) is 0.799. The summed E-state index contributed by atoms with van der Waals surface area (Å²) in [5.41, 5.74) is -0.0622. The number of fused-ring (bicyclic) bond motifs is 1. The van der Waals surface area contributed by atoms with Crippen LogP contribution in [0.4, 0.5) is 0 Å². The first-order valence-electron chi connectivity index (χ1n) is 8.93. The number of benzene rings is 1. The van der Waals surface area contributed by atoms with Gasteiger partial charge in [-0.3, -0.25) is 4.79 Å². The molecule has 138 valence electrons. The van der Waals surface area contributed by atoms with Crippen molar-refractivity contribution in [3.8, 4) is 5.75 Å². The topological polar surface area (TPSA) is 89.8 Å². The maximum atomic E-state index is 12.2. The van der Waals surface area contributed by atoms with Gasteiger partial charge in [-0.05, 0) is 50.6 Å². The summed E-state index contributed by atoms with van der Waals surface area (Å²) in [7, 11) is 0. The highest BCUT2D eigenvalue weighted by Gasteiger charge is 2.41. The number of nitrogens with one attached hydrogen (secondary N) is 2. The van der Waals surface area contributed by atoms with Crippen LogP contribution in [-0.4, -0.2) is 43.9 Å². The highest BCUT2D eigenvalue weighted by atomic mass is 16.5. The van der Waals surface area contributed by atoms with Gasteiger partial charge in [0.1, 0.15) is 11.3 Å². The zero-order valence-corrected chi connectivity index (χ0v) is 14.5. The van der Waals surface area contributed by atoms with E-state index in [1.807, 2.05) is 0 Å². The smallest absolute Gasteiger partial charge is 0.336 e. The van der Waals surface area contributed by atoms with Crippen molar-refractivity contribution in [2.24, 2.45) is 0 Å². The first-order chi connectivity index (χ1) is 12.6. The van der Waals surface area contributed by atoms with Crippen LogP contribution in [0, 0.1) is 0 Å². The zero-order valence-electron chi connectivity index (χ0n) is 14.5. The molecule has 1 amide bonds. The summed E-state index contributed by atoms with van der Waals surface area (Å²) >= 11 is 0. The number of carbonyl (C=O) groups is 1. The van der Waals surface area contributed by atoms with E-state index in [1.54, 1.807) is 24.3 Å². The Morgan fingerprint density at radius 1 is 1.27 bits per heavy atom. The number of carbonyl (C=O) groups excluding carboxylic acids is 1. The maximum Gasteiger partial charge on any atom is 0.336 e. The third kappa shape index (κ3) is 3.73. The molecule has 2 saturated heterocycles.